The van der Waals surface area contributed by atoms with Crippen LogP contribution in [0.4, 0.5) is 5.82 Å². The zero-order valence-electron chi connectivity index (χ0n) is 14.6. The van der Waals surface area contributed by atoms with Gasteiger partial charge in [-0.05, 0) is 18.4 Å². The number of hydrogen-bond donors (Lipinski definition) is 2. The number of nitrogens with zero attached hydrogens (tertiary/aromatic N) is 2. The monoisotopic (exact) mass is 343 g/mol. The van der Waals surface area contributed by atoms with E-state index in [-0.39, 0.29) is 18.4 Å². The van der Waals surface area contributed by atoms with Gasteiger partial charge in [-0.1, -0.05) is 37.6 Å². The summed E-state index contributed by atoms with van der Waals surface area (Å²) in [6.07, 6.45) is 2.92. The van der Waals surface area contributed by atoms with Gasteiger partial charge in [-0.25, -0.2) is 4.68 Å². The van der Waals surface area contributed by atoms with Gasteiger partial charge < -0.3 is 15.2 Å². The predicted molar refractivity (Wildman–Crippen MR) is 96.3 cm³/mol. The highest BCUT2D eigenvalue weighted by Gasteiger charge is 2.24. The van der Waals surface area contributed by atoms with Gasteiger partial charge in [0.1, 0.15) is 5.82 Å². The lowest BCUT2D eigenvalue weighted by Gasteiger charge is -2.10. The van der Waals surface area contributed by atoms with Crippen LogP contribution in [0, 0.1) is 5.92 Å². The Morgan fingerprint density at radius 1 is 1.40 bits per heavy atom. The molecule has 0 bridgehead atoms. The fraction of sp³-hybridized carbons (Fsp3) is 0.474. The Balaban J connectivity index is 1.79. The molecule has 6 heteroatoms. The number of ether oxygens (including phenoxy) is 1. The van der Waals surface area contributed by atoms with Crippen LogP contribution < -0.4 is 5.32 Å². The Hall–Kier alpha value is -2.18. The van der Waals surface area contributed by atoms with Crippen LogP contribution in [0.5, 0.6) is 0 Å². The summed E-state index contributed by atoms with van der Waals surface area (Å²) in [7, 11) is 0. The van der Waals surface area contributed by atoms with Crippen molar-refractivity contribution in [3.63, 3.8) is 0 Å². The van der Waals surface area contributed by atoms with E-state index in [1.165, 1.54) is 5.56 Å². The molecule has 0 spiro atoms. The van der Waals surface area contributed by atoms with Gasteiger partial charge in [-0.3, -0.25) is 4.79 Å². The molecule has 0 radical (unpaired) electrons. The lowest BCUT2D eigenvalue weighted by molar-refractivity contribution is -0.119. The highest BCUT2D eigenvalue weighted by molar-refractivity contribution is 5.92. The van der Waals surface area contributed by atoms with Crippen LogP contribution in [0.3, 0.4) is 0 Å². The van der Waals surface area contributed by atoms with Crippen molar-refractivity contribution in [3.05, 3.63) is 35.9 Å². The molecule has 0 aliphatic carbocycles. The summed E-state index contributed by atoms with van der Waals surface area (Å²) < 4.78 is 6.92. The Morgan fingerprint density at radius 3 is 2.84 bits per heavy atom. The molecule has 1 aromatic carbocycles. The van der Waals surface area contributed by atoms with Crippen LogP contribution in [-0.4, -0.2) is 40.6 Å². The number of aliphatic hydroxyl groups is 1. The van der Waals surface area contributed by atoms with Gasteiger partial charge in [0.05, 0.1) is 31.4 Å². The number of anilines is 1. The van der Waals surface area contributed by atoms with E-state index in [4.69, 9.17) is 4.74 Å². The van der Waals surface area contributed by atoms with Crippen molar-refractivity contribution < 1.29 is 14.6 Å². The largest absolute Gasteiger partial charge is 0.394 e. The van der Waals surface area contributed by atoms with Crippen molar-refractivity contribution in [1.82, 2.24) is 9.78 Å². The summed E-state index contributed by atoms with van der Waals surface area (Å²) in [6, 6.07) is 10.2. The molecule has 6 nitrogen and oxygen atoms in total. The molecule has 134 valence electrons. The van der Waals surface area contributed by atoms with Crippen molar-refractivity contribution in [2.75, 3.05) is 25.1 Å². The standard InChI is InChI=1S/C19H25N3O3/c1-2-3-14-4-6-15(7-5-14)17-12-18(22(21-17)9-10-23)20-19(24)16-8-11-25-13-16/h4-7,12,16,23H,2-3,8-11,13H2,1H3,(H,20,24). The summed E-state index contributed by atoms with van der Waals surface area (Å²) >= 11 is 0. The SMILES string of the molecule is CCCc1ccc(-c2cc(NC(=O)C3CCOC3)n(CCO)n2)cc1. The molecular formula is C19H25N3O3. The molecule has 1 amide bonds. The summed E-state index contributed by atoms with van der Waals surface area (Å²) in [6.45, 7) is 3.56. The fourth-order valence-electron chi connectivity index (χ4n) is 3.02. The summed E-state index contributed by atoms with van der Waals surface area (Å²) in [5.41, 5.74) is 3.08. The second-order valence-electron chi connectivity index (χ2n) is 6.36. The number of hydrogen-bond acceptors (Lipinski definition) is 4. The topological polar surface area (TPSA) is 76.4 Å². The van der Waals surface area contributed by atoms with Crippen LogP contribution in [0.25, 0.3) is 11.3 Å². The van der Waals surface area contributed by atoms with Crippen LogP contribution in [0.1, 0.15) is 25.3 Å². The number of nitrogens with one attached hydrogen (secondary N) is 1. The van der Waals surface area contributed by atoms with Crippen molar-refractivity contribution in [2.24, 2.45) is 5.92 Å². The third kappa shape index (κ3) is 4.27. The van der Waals surface area contributed by atoms with Crippen molar-refractivity contribution in [2.45, 2.75) is 32.7 Å². The quantitative estimate of drug-likeness (QED) is 0.810. The molecule has 0 saturated carbocycles. The van der Waals surface area contributed by atoms with Gasteiger partial charge in [-0.15, -0.1) is 0 Å². The number of aryl methyl sites for hydroxylation is 1. The zero-order chi connectivity index (χ0) is 17.6. The number of carbonyl (C=O) groups excluding carboxylic acids is 1. The molecular weight excluding hydrogens is 318 g/mol. The molecule has 1 aromatic heterocycles. The lowest BCUT2D eigenvalue weighted by atomic mass is 10.1. The lowest BCUT2D eigenvalue weighted by Crippen LogP contribution is -2.24. The van der Waals surface area contributed by atoms with E-state index in [2.05, 4.69) is 29.5 Å². The zero-order valence-corrected chi connectivity index (χ0v) is 14.6. The second kappa shape index (κ2) is 8.27. The average molecular weight is 343 g/mol. The van der Waals surface area contributed by atoms with Gasteiger partial charge in [0.25, 0.3) is 0 Å². The molecule has 1 unspecified atom stereocenters. The minimum atomic E-state index is -0.116. The van der Waals surface area contributed by atoms with Crippen LogP contribution in [-0.2, 0) is 22.5 Å². The number of aliphatic hydroxyl groups excluding tert-OH is 1. The van der Waals surface area contributed by atoms with Crippen LogP contribution in [0.2, 0.25) is 0 Å². The average Bonchev–Trinajstić information content (AvgIpc) is 3.27. The highest BCUT2D eigenvalue weighted by atomic mass is 16.5. The second-order valence-corrected chi connectivity index (χ2v) is 6.36. The number of carbonyl (C=O) groups is 1. The van der Waals surface area contributed by atoms with Gasteiger partial charge in [0.15, 0.2) is 0 Å². The van der Waals surface area contributed by atoms with Crippen LogP contribution >= 0.6 is 0 Å². The molecule has 1 aliphatic heterocycles. The maximum Gasteiger partial charge on any atom is 0.231 e. The summed E-state index contributed by atoms with van der Waals surface area (Å²) in [5.74, 6) is 0.439. The van der Waals surface area contributed by atoms with Crippen LogP contribution in [0.15, 0.2) is 30.3 Å². The van der Waals surface area contributed by atoms with E-state index in [9.17, 15) is 9.90 Å². The Kier molecular flexibility index (Phi) is 5.83. The Bertz CT molecular complexity index is 703. The first-order valence-corrected chi connectivity index (χ1v) is 8.88. The fourth-order valence-corrected chi connectivity index (χ4v) is 3.02. The molecule has 2 N–H and O–H groups in total. The maximum absolute atomic E-state index is 12.3. The molecule has 2 aromatic rings. The molecule has 25 heavy (non-hydrogen) atoms. The normalized spacial score (nSPS) is 17.0. The summed E-state index contributed by atoms with van der Waals surface area (Å²) in [5, 5.41) is 16.7. The first-order chi connectivity index (χ1) is 12.2. The Morgan fingerprint density at radius 2 is 2.20 bits per heavy atom. The third-order valence-electron chi connectivity index (χ3n) is 4.43. The number of aromatic nitrogens is 2. The summed E-state index contributed by atoms with van der Waals surface area (Å²) in [4.78, 5) is 12.3. The molecule has 1 fully saturated rings. The minimum absolute atomic E-state index is 0.0357. The van der Waals surface area contributed by atoms with Gasteiger partial charge >= 0.3 is 0 Å². The first kappa shape index (κ1) is 17.6. The van der Waals surface area contributed by atoms with Crippen molar-refractivity contribution in [1.29, 1.82) is 0 Å². The van der Waals surface area contributed by atoms with E-state index in [0.29, 0.717) is 25.6 Å². The van der Waals surface area contributed by atoms with E-state index in [1.807, 2.05) is 18.2 Å². The molecule has 1 saturated heterocycles. The van der Waals surface area contributed by atoms with Gasteiger partial charge in [-0.2, -0.15) is 5.10 Å². The smallest absolute Gasteiger partial charge is 0.231 e. The van der Waals surface area contributed by atoms with Crippen molar-refractivity contribution in [3.8, 4) is 11.3 Å². The maximum atomic E-state index is 12.3. The van der Waals surface area contributed by atoms with Gasteiger partial charge in [0.2, 0.25) is 5.91 Å². The Labute approximate surface area is 147 Å². The third-order valence-corrected chi connectivity index (χ3v) is 4.43. The number of rotatable bonds is 7. The first-order valence-electron chi connectivity index (χ1n) is 8.88. The highest BCUT2D eigenvalue weighted by Crippen LogP contribution is 2.24. The molecule has 2 heterocycles. The van der Waals surface area contributed by atoms with E-state index in [1.54, 1.807) is 4.68 Å². The minimum Gasteiger partial charge on any atom is -0.394 e. The number of benzene rings is 1. The van der Waals surface area contributed by atoms with E-state index in [0.717, 1.165) is 30.5 Å². The van der Waals surface area contributed by atoms with Gasteiger partial charge in [0, 0.05) is 18.2 Å². The molecule has 3 rings (SSSR count). The molecule has 1 atom stereocenters. The van der Waals surface area contributed by atoms with E-state index >= 15 is 0 Å². The molecule has 1 aliphatic rings. The predicted octanol–water partition coefficient (Wildman–Crippen LogP) is 2.47. The number of amides is 1. The van der Waals surface area contributed by atoms with Crippen molar-refractivity contribution >= 4 is 11.7 Å². The van der Waals surface area contributed by atoms with E-state index < -0.39 is 0 Å².